The van der Waals surface area contributed by atoms with E-state index in [1.807, 2.05) is 6.07 Å². The summed E-state index contributed by atoms with van der Waals surface area (Å²) >= 11 is 0. The van der Waals surface area contributed by atoms with Crippen LogP contribution in [0.4, 0.5) is 8.78 Å². The molecule has 0 amide bonds. The number of hydrogen-bond acceptors (Lipinski definition) is 4. The van der Waals surface area contributed by atoms with E-state index in [0.717, 1.165) is 6.07 Å². The second-order valence-corrected chi connectivity index (χ2v) is 5.13. The van der Waals surface area contributed by atoms with Crippen LogP contribution in [0.2, 0.25) is 0 Å². The Balaban J connectivity index is 2.10. The monoisotopic (exact) mass is 318 g/mol. The molecule has 3 aromatic heterocycles. The number of fused-ring (bicyclic) bond motifs is 3. The third-order valence-corrected chi connectivity index (χ3v) is 3.82. The van der Waals surface area contributed by atoms with Crippen molar-refractivity contribution in [2.45, 2.75) is 0 Å². The van der Waals surface area contributed by atoms with Gasteiger partial charge in [-0.2, -0.15) is 19.0 Å². The Hall–Kier alpha value is -3.46. The van der Waals surface area contributed by atoms with E-state index in [1.165, 1.54) is 6.07 Å². The number of allylic oxidation sites excluding steroid dienone is 1. The summed E-state index contributed by atoms with van der Waals surface area (Å²) in [6, 6.07) is 11.3. The van der Waals surface area contributed by atoms with Crippen molar-refractivity contribution in [2.24, 2.45) is 0 Å². The van der Waals surface area contributed by atoms with Crippen LogP contribution in [0.25, 0.3) is 22.5 Å². The molecule has 0 saturated carbocycles. The molecular formula is C18H8F2N4. The second-order valence-electron chi connectivity index (χ2n) is 5.13. The van der Waals surface area contributed by atoms with Crippen molar-refractivity contribution in [1.82, 2.24) is 15.0 Å². The van der Waals surface area contributed by atoms with Gasteiger partial charge in [0.1, 0.15) is 6.07 Å². The molecule has 0 N–H and O–H groups in total. The fourth-order valence-electron chi connectivity index (χ4n) is 2.86. The van der Waals surface area contributed by atoms with Crippen LogP contribution in [0.1, 0.15) is 16.7 Å². The number of pyridine rings is 3. The Bertz CT molecular complexity index is 1000. The number of aromatic nitrogens is 3. The summed E-state index contributed by atoms with van der Waals surface area (Å²) in [5, 5.41) is 9.65. The molecule has 0 fully saturated rings. The molecule has 3 aromatic rings. The molecule has 3 heterocycles. The molecule has 114 valence electrons. The SMILES string of the molecule is N#CC(=C1c2cccnc2-c2ncccc21)c1ccc(F)nc1F. The van der Waals surface area contributed by atoms with Gasteiger partial charge in [-0.05, 0) is 24.3 Å². The smallest absolute Gasteiger partial charge is 0.224 e. The molecule has 0 spiro atoms. The maximum absolute atomic E-state index is 14.1. The highest BCUT2D eigenvalue weighted by atomic mass is 19.1. The van der Waals surface area contributed by atoms with E-state index in [9.17, 15) is 14.0 Å². The van der Waals surface area contributed by atoms with Gasteiger partial charge >= 0.3 is 0 Å². The van der Waals surface area contributed by atoms with Gasteiger partial charge in [0.05, 0.1) is 17.0 Å². The molecule has 0 aliphatic heterocycles. The zero-order valence-electron chi connectivity index (χ0n) is 12.2. The van der Waals surface area contributed by atoms with Crippen LogP contribution >= 0.6 is 0 Å². The molecule has 0 bridgehead atoms. The molecule has 4 rings (SSSR count). The van der Waals surface area contributed by atoms with Crippen LogP contribution in [-0.2, 0) is 0 Å². The van der Waals surface area contributed by atoms with Gasteiger partial charge in [0, 0.05) is 34.7 Å². The summed E-state index contributed by atoms with van der Waals surface area (Å²) in [7, 11) is 0. The van der Waals surface area contributed by atoms with Crippen molar-refractivity contribution in [3.8, 4) is 17.5 Å². The highest BCUT2D eigenvalue weighted by molar-refractivity contribution is 6.11. The van der Waals surface area contributed by atoms with E-state index in [0.29, 0.717) is 28.1 Å². The summed E-state index contributed by atoms with van der Waals surface area (Å²) in [6.07, 6.45) is 3.26. The molecule has 0 saturated heterocycles. The lowest BCUT2D eigenvalue weighted by molar-refractivity contribution is 0.510. The maximum atomic E-state index is 14.1. The maximum Gasteiger partial charge on any atom is 0.224 e. The molecule has 24 heavy (non-hydrogen) atoms. The predicted molar refractivity (Wildman–Crippen MR) is 83.2 cm³/mol. The fraction of sp³-hybridized carbons (Fsp3) is 0. The zero-order valence-corrected chi connectivity index (χ0v) is 12.2. The predicted octanol–water partition coefficient (Wildman–Crippen LogP) is 3.61. The summed E-state index contributed by atoms with van der Waals surface area (Å²) < 4.78 is 27.2. The first-order valence-corrected chi connectivity index (χ1v) is 7.08. The topological polar surface area (TPSA) is 62.5 Å². The average Bonchev–Trinajstić information content (AvgIpc) is 2.92. The Kier molecular flexibility index (Phi) is 3.14. The lowest BCUT2D eigenvalue weighted by Gasteiger charge is -2.07. The minimum atomic E-state index is -1.03. The summed E-state index contributed by atoms with van der Waals surface area (Å²) in [6.45, 7) is 0. The van der Waals surface area contributed by atoms with Gasteiger partial charge in [-0.1, -0.05) is 12.1 Å². The molecule has 4 nitrogen and oxygen atoms in total. The van der Waals surface area contributed by atoms with E-state index in [4.69, 9.17) is 0 Å². The van der Waals surface area contributed by atoms with Gasteiger partial charge in [0.15, 0.2) is 0 Å². The van der Waals surface area contributed by atoms with Crippen LogP contribution < -0.4 is 0 Å². The zero-order chi connectivity index (χ0) is 16.7. The van der Waals surface area contributed by atoms with Crippen molar-refractivity contribution in [1.29, 1.82) is 5.26 Å². The normalized spacial score (nSPS) is 11.6. The molecule has 1 aliphatic carbocycles. The molecule has 0 aromatic carbocycles. The van der Waals surface area contributed by atoms with Crippen molar-refractivity contribution < 1.29 is 8.78 Å². The Labute approximate surface area is 135 Å². The van der Waals surface area contributed by atoms with Gasteiger partial charge in [-0.3, -0.25) is 9.97 Å². The number of halogens is 2. The van der Waals surface area contributed by atoms with Gasteiger partial charge < -0.3 is 0 Å². The van der Waals surface area contributed by atoms with E-state index < -0.39 is 11.9 Å². The fourth-order valence-corrected chi connectivity index (χ4v) is 2.86. The Morgan fingerprint density at radius 1 is 0.917 bits per heavy atom. The highest BCUT2D eigenvalue weighted by Gasteiger charge is 2.29. The lowest BCUT2D eigenvalue weighted by atomic mass is 9.95. The Morgan fingerprint density at radius 3 is 2.08 bits per heavy atom. The van der Waals surface area contributed by atoms with Crippen molar-refractivity contribution in [2.75, 3.05) is 0 Å². The van der Waals surface area contributed by atoms with Crippen molar-refractivity contribution >= 4 is 11.1 Å². The lowest BCUT2D eigenvalue weighted by Crippen LogP contribution is -1.98. The third kappa shape index (κ3) is 1.99. The Morgan fingerprint density at radius 2 is 1.54 bits per heavy atom. The molecular weight excluding hydrogens is 310 g/mol. The summed E-state index contributed by atoms with van der Waals surface area (Å²) in [4.78, 5) is 11.8. The first-order valence-electron chi connectivity index (χ1n) is 7.08. The van der Waals surface area contributed by atoms with Crippen LogP contribution in [-0.4, -0.2) is 15.0 Å². The molecule has 1 aliphatic rings. The van der Waals surface area contributed by atoms with Gasteiger partial charge in [0.2, 0.25) is 11.9 Å². The molecule has 0 atom stereocenters. The van der Waals surface area contributed by atoms with Crippen LogP contribution in [0, 0.1) is 23.2 Å². The first-order chi connectivity index (χ1) is 11.7. The van der Waals surface area contributed by atoms with Crippen LogP contribution in [0.15, 0.2) is 48.8 Å². The summed E-state index contributed by atoms with van der Waals surface area (Å²) in [5.74, 6) is -1.96. The van der Waals surface area contributed by atoms with E-state index in [2.05, 4.69) is 15.0 Å². The average molecular weight is 318 g/mol. The van der Waals surface area contributed by atoms with E-state index >= 15 is 0 Å². The number of rotatable bonds is 1. The number of nitriles is 1. The van der Waals surface area contributed by atoms with Crippen molar-refractivity contribution in [3.05, 3.63) is 77.4 Å². The van der Waals surface area contributed by atoms with E-state index in [1.54, 1.807) is 36.7 Å². The minimum absolute atomic E-state index is 0.0552. The highest BCUT2D eigenvalue weighted by Crippen LogP contribution is 2.45. The molecule has 0 radical (unpaired) electrons. The molecule has 6 heteroatoms. The van der Waals surface area contributed by atoms with Gasteiger partial charge in [0.25, 0.3) is 0 Å². The standard InChI is InChI=1S/C18H8F2N4/c19-14-6-5-10(18(20)24-14)13(9-21)15-11-3-1-7-22-16(11)17-12(15)4-2-8-23-17/h1-8H. The third-order valence-electron chi connectivity index (χ3n) is 3.82. The van der Waals surface area contributed by atoms with Crippen molar-refractivity contribution in [3.63, 3.8) is 0 Å². The summed E-state index contributed by atoms with van der Waals surface area (Å²) in [5.41, 5.74) is 3.17. The first kappa shape index (κ1) is 14.2. The second kappa shape index (κ2) is 5.32. The quantitative estimate of drug-likeness (QED) is 0.397. The van der Waals surface area contributed by atoms with Crippen LogP contribution in [0.5, 0.6) is 0 Å². The van der Waals surface area contributed by atoms with Gasteiger partial charge in [-0.25, -0.2) is 0 Å². The largest absolute Gasteiger partial charge is 0.254 e. The number of nitrogens with zero attached hydrogens (tertiary/aromatic N) is 4. The van der Waals surface area contributed by atoms with E-state index in [-0.39, 0.29) is 11.1 Å². The minimum Gasteiger partial charge on any atom is -0.254 e. The van der Waals surface area contributed by atoms with Crippen LogP contribution in [0.3, 0.4) is 0 Å². The molecule has 0 unspecified atom stereocenters. The van der Waals surface area contributed by atoms with Gasteiger partial charge in [-0.15, -0.1) is 0 Å². The number of hydrogen-bond donors (Lipinski definition) is 0.